The second kappa shape index (κ2) is 7.47. The third-order valence-corrected chi connectivity index (χ3v) is 6.40. The number of piperidine rings is 1. The highest BCUT2D eigenvalue weighted by Crippen LogP contribution is 2.39. The van der Waals surface area contributed by atoms with Crippen molar-refractivity contribution in [3.8, 4) is 11.5 Å². The number of fused-ring (bicyclic) bond motifs is 2. The molecule has 1 amide bonds. The van der Waals surface area contributed by atoms with E-state index in [1.165, 1.54) is 12.8 Å². The first kappa shape index (κ1) is 17.7. The molecule has 2 bridgehead atoms. The number of amides is 1. The van der Waals surface area contributed by atoms with Crippen LogP contribution < -0.4 is 14.8 Å². The van der Waals surface area contributed by atoms with Crippen molar-refractivity contribution in [2.45, 2.75) is 63.1 Å². The average Bonchev–Trinajstić information content (AvgIpc) is 3.27. The molecular weight excluding hydrogens is 328 g/mol. The van der Waals surface area contributed by atoms with Crippen molar-refractivity contribution >= 4 is 5.91 Å². The van der Waals surface area contributed by atoms with Crippen molar-refractivity contribution in [2.75, 3.05) is 20.8 Å². The third-order valence-electron chi connectivity index (χ3n) is 6.40. The first-order chi connectivity index (χ1) is 12.7. The summed E-state index contributed by atoms with van der Waals surface area (Å²) in [6.07, 6.45) is 7.70. The molecule has 0 radical (unpaired) electrons. The number of hydrogen-bond donors (Lipinski definition) is 1. The fourth-order valence-corrected chi connectivity index (χ4v) is 5.18. The summed E-state index contributed by atoms with van der Waals surface area (Å²) in [6.45, 7) is 0.871. The van der Waals surface area contributed by atoms with Gasteiger partial charge in [0.1, 0.15) is 0 Å². The Morgan fingerprint density at radius 1 is 1.12 bits per heavy atom. The number of hydrogen-bond acceptors (Lipinski definition) is 4. The van der Waals surface area contributed by atoms with Gasteiger partial charge in [-0.3, -0.25) is 4.79 Å². The molecule has 5 heteroatoms. The van der Waals surface area contributed by atoms with E-state index in [2.05, 4.69) is 16.3 Å². The van der Waals surface area contributed by atoms with Crippen LogP contribution in [0.25, 0.3) is 0 Å². The van der Waals surface area contributed by atoms with Crippen molar-refractivity contribution < 1.29 is 14.3 Å². The molecule has 26 heavy (non-hydrogen) atoms. The van der Waals surface area contributed by atoms with Crippen LogP contribution in [0.1, 0.15) is 56.6 Å². The summed E-state index contributed by atoms with van der Waals surface area (Å²) >= 11 is 0. The van der Waals surface area contributed by atoms with E-state index in [0.29, 0.717) is 30.3 Å². The standard InChI is InChI=1S/C21H30N2O3/c1-25-19-8-5-15(13-20(19)26-2)18-4-3-9-23(18)21(24)12-14-10-16-6-7-17(11-14)22-16/h5,8,13-14,16-18,22H,3-4,6-7,9-12H2,1-2H3. The minimum atomic E-state index is 0.167. The highest BCUT2D eigenvalue weighted by atomic mass is 16.5. The minimum absolute atomic E-state index is 0.167. The van der Waals surface area contributed by atoms with Crippen LogP contribution in [0.2, 0.25) is 0 Å². The van der Waals surface area contributed by atoms with Gasteiger partial charge in [-0.1, -0.05) is 6.07 Å². The maximum Gasteiger partial charge on any atom is 0.223 e. The fraction of sp³-hybridized carbons (Fsp3) is 0.667. The van der Waals surface area contributed by atoms with E-state index in [1.807, 2.05) is 12.1 Å². The minimum Gasteiger partial charge on any atom is -0.493 e. The molecule has 3 aliphatic heterocycles. The molecule has 142 valence electrons. The van der Waals surface area contributed by atoms with Crippen LogP contribution in [0.4, 0.5) is 0 Å². The number of nitrogens with zero attached hydrogens (tertiary/aromatic N) is 1. The van der Waals surface area contributed by atoms with Crippen LogP contribution in [0.5, 0.6) is 11.5 Å². The lowest BCUT2D eigenvalue weighted by atomic mass is 9.89. The van der Waals surface area contributed by atoms with Gasteiger partial charge < -0.3 is 19.7 Å². The number of benzene rings is 1. The first-order valence-electron chi connectivity index (χ1n) is 9.95. The van der Waals surface area contributed by atoms with Gasteiger partial charge in [-0.25, -0.2) is 0 Å². The number of nitrogens with one attached hydrogen (secondary N) is 1. The van der Waals surface area contributed by atoms with E-state index in [1.54, 1.807) is 14.2 Å². The summed E-state index contributed by atoms with van der Waals surface area (Å²) in [7, 11) is 3.31. The smallest absolute Gasteiger partial charge is 0.223 e. The zero-order chi connectivity index (χ0) is 18.1. The molecule has 0 saturated carbocycles. The number of likely N-dealkylation sites (tertiary alicyclic amines) is 1. The van der Waals surface area contributed by atoms with E-state index in [-0.39, 0.29) is 6.04 Å². The molecular formula is C21H30N2O3. The van der Waals surface area contributed by atoms with Gasteiger partial charge in [-0.2, -0.15) is 0 Å². The molecule has 3 aliphatic rings. The van der Waals surface area contributed by atoms with Crippen molar-refractivity contribution in [2.24, 2.45) is 5.92 Å². The quantitative estimate of drug-likeness (QED) is 0.878. The maximum atomic E-state index is 13.1. The molecule has 0 aromatic heterocycles. The van der Waals surface area contributed by atoms with Crippen LogP contribution in [-0.4, -0.2) is 43.7 Å². The van der Waals surface area contributed by atoms with Gasteiger partial charge in [0.25, 0.3) is 0 Å². The van der Waals surface area contributed by atoms with Crippen molar-refractivity contribution in [3.63, 3.8) is 0 Å². The van der Waals surface area contributed by atoms with E-state index < -0.39 is 0 Å². The monoisotopic (exact) mass is 358 g/mol. The third kappa shape index (κ3) is 3.41. The van der Waals surface area contributed by atoms with Gasteiger partial charge in [0.05, 0.1) is 20.3 Å². The van der Waals surface area contributed by atoms with Crippen molar-refractivity contribution in [1.29, 1.82) is 0 Å². The second-order valence-electron chi connectivity index (χ2n) is 8.04. The highest BCUT2D eigenvalue weighted by Gasteiger charge is 2.37. The van der Waals surface area contributed by atoms with Crippen LogP contribution >= 0.6 is 0 Å². The molecule has 1 N–H and O–H groups in total. The largest absolute Gasteiger partial charge is 0.493 e. The molecule has 4 rings (SSSR count). The average molecular weight is 358 g/mol. The van der Waals surface area contributed by atoms with Gasteiger partial charge in [0, 0.05) is 25.0 Å². The lowest BCUT2D eigenvalue weighted by molar-refractivity contribution is -0.133. The Morgan fingerprint density at radius 3 is 2.54 bits per heavy atom. The number of carbonyl (C=O) groups is 1. The Labute approximate surface area is 156 Å². The molecule has 3 saturated heterocycles. The van der Waals surface area contributed by atoms with Crippen LogP contribution in [0.15, 0.2) is 18.2 Å². The molecule has 3 fully saturated rings. The molecule has 0 aliphatic carbocycles. The van der Waals surface area contributed by atoms with Crippen LogP contribution in [0, 0.1) is 5.92 Å². The second-order valence-corrected chi connectivity index (χ2v) is 8.04. The van der Waals surface area contributed by atoms with Gasteiger partial charge in [-0.05, 0) is 62.1 Å². The SMILES string of the molecule is COc1ccc(C2CCCN2C(=O)CC2CC3CCC(C2)N3)cc1OC. The van der Waals surface area contributed by atoms with Gasteiger partial charge >= 0.3 is 0 Å². The van der Waals surface area contributed by atoms with Crippen LogP contribution in [-0.2, 0) is 4.79 Å². The number of rotatable bonds is 5. The zero-order valence-electron chi connectivity index (χ0n) is 15.9. The van der Waals surface area contributed by atoms with Gasteiger partial charge in [-0.15, -0.1) is 0 Å². The topological polar surface area (TPSA) is 50.8 Å². The molecule has 3 atom stereocenters. The van der Waals surface area contributed by atoms with Gasteiger partial charge in [0.2, 0.25) is 5.91 Å². The summed E-state index contributed by atoms with van der Waals surface area (Å²) in [5.41, 5.74) is 1.15. The number of carbonyl (C=O) groups excluding carboxylic acids is 1. The Morgan fingerprint density at radius 2 is 1.85 bits per heavy atom. The predicted molar refractivity (Wildman–Crippen MR) is 101 cm³/mol. The Balaban J connectivity index is 1.45. The van der Waals surface area contributed by atoms with E-state index in [9.17, 15) is 4.79 Å². The Kier molecular flexibility index (Phi) is 5.07. The summed E-state index contributed by atoms with van der Waals surface area (Å²) in [6, 6.07) is 7.50. The summed E-state index contributed by atoms with van der Waals surface area (Å²) in [4.78, 5) is 15.2. The van der Waals surface area contributed by atoms with E-state index in [0.717, 1.165) is 49.3 Å². The highest BCUT2D eigenvalue weighted by molar-refractivity contribution is 5.77. The predicted octanol–water partition coefficient (Wildman–Crippen LogP) is 3.29. The molecule has 3 unspecified atom stereocenters. The molecule has 3 heterocycles. The molecule has 5 nitrogen and oxygen atoms in total. The van der Waals surface area contributed by atoms with Crippen molar-refractivity contribution in [1.82, 2.24) is 10.2 Å². The summed E-state index contributed by atoms with van der Waals surface area (Å²) in [5, 5.41) is 3.67. The normalized spacial score (nSPS) is 30.5. The first-order valence-corrected chi connectivity index (χ1v) is 9.95. The Hall–Kier alpha value is -1.75. The number of methoxy groups -OCH3 is 2. The van der Waals surface area contributed by atoms with Crippen molar-refractivity contribution in [3.05, 3.63) is 23.8 Å². The summed E-state index contributed by atoms with van der Waals surface area (Å²) < 4.78 is 10.8. The molecule has 0 spiro atoms. The van der Waals surface area contributed by atoms with E-state index >= 15 is 0 Å². The molecule has 1 aromatic rings. The maximum absolute atomic E-state index is 13.1. The van der Waals surface area contributed by atoms with E-state index in [4.69, 9.17) is 9.47 Å². The fourth-order valence-electron chi connectivity index (χ4n) is 5.18. The zero-order valence-corrected chi connectivity index (χ0v) is 15.9. The molecule has 1 aromatic carbocycles. The Bertz CT molecular complexity index is 651. The summed E-state index contributed by atoms with van der Waals surface area (Å²) in [5.74, 6) is 2.35. The van der Waals surface area contributed by atoms with Crippen LogP contribution in [0.3, 0.4) is 0 Å². The lowest BCUT2D eigenvalue weighted by Crippen LogP contribution is -2.40. The van der Waals surface area contributed by atoms with Gasteiger partial charge in [0.15, 0.2) is 11.5 Å². The lowest BCUT2D eigenvalue weighted by Gasteiger charge is -2.31. The number of ether oxygens (including phenoxy) is 2.